The van der Waals surface area contributed by atoms with Gasteiger partial charge in [-0.15, -0.1) is 0 Å². The van der Waals surface area contributed by atoms with E-state index < -0.39 is 0 Å². The molecule has 0 aromatic heterocycles. The van der Waals surface area contributed by atoms with Gasteiger partial charge in [0, 0.05) is 18.2 Å². The van der Waals surface area contributed by atoms with Crippen LogP contribution in [0.3, 0.4) is 0 Å². The van der Waals surface area contributed by atoms with Gasteiger partial charge in [-0.05, 0) is 48.8 Å². The van der Waals surface area contributed by atoms with Gasteiger partial charge in [0.25, 0.3) is 5.91 Å². The van der Waals surface area contributed by atoms with Gasteiger partial charge in [0.1, 0.15) is 0 Å². The van der Waals surface area contributed by atoms with E-state index in [-0.39, 0.29) is 11.9 Å². The zero-order valence-electron chi connectivity index (χ0n) is 11.3. The normalized spacial score (nSPS) is 21.6. The SMILES string of the molecule is NC(c1ccc2c(c1)C(=O)NCCC2)C1CCCC1. The third-order valence-electron chi connectivity index (χ3n) is 4.58. The minimum atomic E-state index is 0.0629. The van der Waals surface area contributed by atoms with Gasteiger partial charge in [-0.3, -0.25) is 4.79 Å². The maximum absolute atomic E-state index is 12.0. The lowest BCUT2D eigenvalue weighted by molar-refractivity contribution is 0.0956. The molecule has 1 saturated carbocycles. The predicted molar refractivity (Wildman–Crippen MR) is 76.0 cm³/mol. The molecule has 3 N–H and O–H groups in total. The smallest absolute Gasteiger partial charge is 0.251 e. The number of fused-ring (bicyclic) bond motifs is 1. The second-order valence-electron chi connectivity index (χ2n) is 5.85. The van der Waals surface area contributed by atoms with E-state index in [1.165, 1.54) is 25.7 Å². The van der Waals surface area contributed by atoms with Crippen molar-refractivity contribution in [2.75, 3.05) is 6.54 Å². The zero-order valence-corrected chi connectivity index (χ0v) is 11.3. The topological polar surface area (TPSA) is 55.1 Å². The number of hydrogen-bond acceptors (Lipinski definition) is 2. The van der Waals surface area contributed by atoms with Crippen LogP contribution in [-0.4, -0.2) is 12.5 Å². The van der Waals surface area contributed by atoms with Crippen molar-refractivity contribution >= 4 is 5.91 Å². The number of nitrogens with two attached hydrogens (primary N) is 1. The number of aryl methyl sites for hydroxylation is 1. The molecule has 3 heteroatoms. The summed E-state index contributed by atoms with van der Waals surface area (Å²) in [5.74, 6) is 0.653. The molecule has 2 aliphatic rings. The highest BCUT2D eigenvalue weighted by Gasteiger charge is 2.24. The second kappa shape index (κ2) is 5.33. The summed E-state index contributed by atoms with van der Waals surface area (Å²) in [4.78, 5) is 12.0. The fourth-order valence-corrected chi connectivity index (χ4v) is 3.40. The first kappa shape index (κ1) is 12.7. The summed E-state index contributed by atoms with van der Waals surface area (Å²) in [6.07, 6.45) is 7.04. The van der Waals surface area contributed by atoms with Gasteiger partial charge >= 0.3 is 0 Å². The maximum atomic E-state index is 12.0. The van der Waals surface area contributed by atoms with Crippen LogP contribution in [0.5, 0.6) is 0 Å². The summed E-state index contributed by atoms with van der Waals surface area (Å²) in [5, 5.41) is 2.96. The van der Waals surface area contributed by atoms with Crippen LogP contribution in [0.15, 0.2) is 18.2 Å². The molecular weight excluding hydrogens is 236 g/mol. The molecule has 1 unspecified atom stereocenters. The van der Waals surface area contributed by atoms with Crippen molar-refractivity contribution in [3.05, 3.63) is 34.9 Å². The highest BCUT2D eigenvalue weighted by Crippen LogP contribution is 2.34. The molecule has 3 rings (SSSR count). The predicted octanol–water partition coefficient (Wildman–Crippen LogP) is 2.55. The van der Waals surface area contributed by atoms with E-state index in [9.17, 15) is 4.79 Å². The van der Waals surface area contributed by atoms with Gasteiger partial charge in [-0.25, -0.2) is 0 Å². The van der Waals surface area contributed by atoms with Crippen molar-refractivity contribution in [3.8, 4) is 0 Å². The number of carbonyl (C=O) groups excluding carboxylic acids is 1. The Bertz CT molecular complexity index is 478. The van der Waals surface area contributed by atoms with E-state index in [4.69, 9.17) is 5.73 Å². The van der Waals surface area contributed by atoms with E-state index in [0.717, 1.165) is 36.1 Å². The summed E-state index contributed by atoms with van der Waals surface area (Å²) in [6.45, 7) is 0.775. The van der Waals surface area contributed by atoms with Crippen LogP contribution in [0.25, 0.3) is 0 Å². The molecule has 19 heavy (non-hydrogen) atoms. The van der Waals surface area contributed by atoms with Gasteiger partial charge in [0.05, 0.1) is 0 Å². The summed E-state index contributed by atoms with van der Waals surface area (Å²) < 4.78 is 0. The largest absolute Gasteiger partial charge is 0.352 e. The van der Waals surface area contributed by atoms with Gasteiger partial charge in [-0.2, -0.15) is 0 Å². The molecule has 1 aliphatic carbocycles. The van der Waals surface area contributed by atoms with Crippen LogP contribution in [-0.2, 0) is 6.42 Å². The Morgan fingerprint density at radius 2 is 2.00 bits per heavy atom. The van der Waals surface area contributed by atoms with Crippen LogP contribution >= 0.6 is 0 Å². The first-order valence-electron chi connectivity index (χ1n) is 7.42. The van der Waals surface area contributed by atoms with Crippen molar-refractivity contribution in [3.63, 3.8) is 0 Å². The van der Waals surface area contributed by atoms with Crippen molar-refractivity contribution < 1.29 is 4.79 Å². The van der Waals surface area contributed by atoms with E-state index in [2.05, 4.69) is 17.4 Å². The Hall–Kier alpha value is -1.35. The number of rotatable bonds is 2. The molecule has 1 fully saturated rings. The molecule has 1 heterocycles. The molecule has 102 valence electrons. The lowest BCUT2D eigenvalue weighted by atomic mass is 9.90. The van der Waals surface area contributed by atoms with Gasteiger partial charge in [0.2, 0.25) is 0 Å². The average molecular weight is 258 g/mol. The van der Waals surface area contributed by atoms with Crippen LogP contribution in [0.4, 0.5) is 0 Å². The molecular formula is C16H22N2O. The third-order valence-corrected chi connectivity index (χ3v) is 4.58. The van der Waals surface area contributed by atoms with Crippen LogP contribution in [0.1, 0.15) is 59.6 Å². The molecule has 1 amide bonds. The fourth-order valence-electron chi connectivity index (χ4n) is 3.40. The summed E-state index contributed by atoms with van der Waals surface area (Å²) in [7, 11) is 0. The minimum Gasteiger partial charge on any atom is -0.352 e. The first-order chi connectivity index (χ1) is 9.25. The number of benzene rings is 1. The number of carbonyl (C=O) groups is 1. The van der Waals surface area contributed by atoms with E-state index >= 15 is 0 Å². The van der Waals surface area contributed by atoms with Crippen molar-refractivity contribution in [1.29, 1.82) is 0 Å². The monoisotopic (exact) mass is 258 g/mol. The Kier molecular flexibility index (Phi) is 3.56. The molecule has 1 atom stereocenters. The zero-order chi connectivity index (χ0) is 13.2. The minimum absolute atomic E-state index is 0.0629. The van der Waals surface area contributed by atoms with E-state index in [1.54, 1.807) is 0 Å². The van der Waals surface area contributed by atoms with Crippen LogP contribution in [0.2, 0.25) is 0 Å². The van der Waals surface area contributed by atoms with Crippen molar-refractivity contribution in [2.45, 2.75) is 44.6 Å². The molecule has 1 aromatic rings. The average Bonchev–Trinajstić information content (AvgIpc) is 2.90. The molecule has 0 saturated heterocycles. The quantitative estimate of drug-likeness (QED) is 0.856. The molecule has 0 spiro atoms. The molecule has 1 aromatic carbocycles. The molecule has 0 radical (unpaired) electrons. The van der Waals surface area contributed by atoms with Crippen molar-refractivity contribution in [2.24, 2.45) is 11.7 Å². The van der Waals surface area contributed by atoms with E-state index in [1.807, 2.05) is 6.07 Å². The number of hydrogen-bond donors (Lipinski definition) is 2. The fraction of sp³-hybridized carbons (Fsp3) is 0.562. The Morgan fingerprint density at radius 1 is 1.21 bits per heavy atom. The van der Waals surface area contributed by atoms with Crippen LogP contribution < -0.4 is 11.1 Å². The van der Waals surface area contributed by atoms with Gasteiger partial charge in [0.15, 0.2) is 0 Å². The van der Waals surface area contributed by atoms with Gasteiger partial charge in [-0.1, -0.05) is 25.0 Å². The summed E-state index contributed by atoms with van der Waals surface area (Å²) >= 11 is 0. The third kappa shape index (κ3) is 2.52. The van der Waals surface area contributed by atoms with Gasteiger partial charge < -0.3 is 11.1 Å². The second-order valence-corrected chi connectivity index (χ2v) is 5.85. The Morgan fingerprint density at radius 3 is 2.79 bits per heavy atom. The lowest BCUT2D eigenvalue weighted by Crippen LogP contribution is -2.24. The standard InChI is InChI=1S/C16H22N2O/c17-15(12-4-1-2-5-12)13-8-7-11-6-3-9-18-16(19)14(11)10-13/h7-8,10,12,15H,1-6,9,17H2,(H,18,19). The summed E-state index contributed by atoms with van der Waals surface area (Å²) in [6, 6.07) is 6.34. The highest BCUT2D eigenvalue weighted by molar-refractivity contribution is 5.96. The Balaban J connectivity index is 1.89. The number of amides is 1. The van der Waals surface area contributed by atoms with Crippen LogP contribution in [0, 0.1) is 5.92 Å². The highest BCUT2D eigenvalue weighted by atomic mass is 16.1. The first-order valence-corrected chi connectivity index (χ1v) is 7.42. The molecule has 3 nitrogen and oxygen atoms in total. The lowest BCUT2D eigenvalue weighted by Gasteiger charge is -2.20. The molecule has 1 aliphatic heterocycles. The van der Waals surface area contributed by atoms with E-state index in [0.29, 0.717) is 5.92 Å². The summed E-state index contributed by atoms with van der Waals surface area (Å²) in [5.41, 5.74) is 9.51. The maximum Gasteiger partial charge on any atom is 0.251 e. The van der Waals surface area contributed by atoms with Crippen molar-refractivity contribution in [1.82, 2.24) is 5.32 Å². The Labute approximate surface area is 114 Å². The molecule has 0 bridgehead atoms. The number of nitrogens with one attached hydrogen (secondary N) is 1.